The number of amides is 1. The average Bonchev–Trinajstić information content (AvgIpc) is 2.61. The van der Waals surface area contributed by atoms with E-state index in [4.69, 9.17) is 5.73 Å². The fourth-order valence-electron chi connectivity index (χ4n) is 3.13. The van der Waals surface area contributed by atoms with Crippen molar-refractivity contribution in [3.05, 3.63) is 29.8 Å². The minimum absolute atomic E-state index is 0.0711. The predicted molar refractivity (Wildman–Crippen MR) is 105 cm³/mol. The number of rotatable bonds is 8. The number of aryl methyl sites for hydroxylation is 1. The summed E-state index contributed by atoms with van der Waals surface area (Å²) in [6.07, 6.45) is 2.15. The number of carbonyl (C=O) groups is 1. The molecule has 25 heavy (non-hydrogen) atoms. The van der Waals surface area contributed by atoms with Crippen LogP contribution in [0.5, 0.6) is 0 Å². The van der Waals surface area contributed by atoms with Gasteiger partial charge in [0, 0.05) is 50.4 Å². The van der Waals surface area contributed by atoms with E-state index in [1.807, 2.05) is 13.8 Å². The van der Waals surface area contributed by atoms with Gasteiger partial charge in [0.25, 0.3) is 0 Å². The molecule has 1 amide bonds. The minimum Gasteiger partial charge on any atom is -0.369 e. The van der Waals surface area contributed by atoms with E-state index in [9.17, 15) is 4.79 Å². The molecule has 5 heteroatoms. The van der Waals surface area contributed by atoms with Crippen LogP contribution in [-0.4, -0.2) is 56.1 Å². The molecular formula is C20H34N4O. The quantitative estimate of drug-likeness (QED) is 0.707. The van der Waals surface area contributed by atoms with Crippen LogP contribution in [0, 0.1) is 12.8 Å². The second kappa shape index (κ2) is 9.78. The van der Waals surface area contributed by atoms with E-state index < -0.39 is 0 Å². The molecule has 0 saturated carbocycles. The number of nitrogens with two attached hydrogens (primary N) is 1. The number of hydrogen-bond donors (Lipinski definition) is 2. The maximum atomic E-state index is 11.8. The van der Waals surface area contributed by atoms with E-state index in [0.29, 0.717) is 0 Å². The Morgan fingerprint density at radius 2 is 1.92 bits per heavy atom. The Morgan fingerprint density at radius 3 is 2.56 bits per heavy atom. The Balaban J connectivity index is 1.59. The van der Waals surface area contributed by atoms with Crippen molar-refractivity contribution < 1.29 is 4.79 Å². The van der Waals surface area contributed by atoms with Crippen molar-refractivity contribution in [2.45, 2.75) is 39.7 Å². The Bertz CT molecular complexity index is 538. The lowest BCUT2D eigenvalue weighted by Gasteiger charge is -2.36. The normalized spacial score (nSPS) is 18.0. The third-order valence-corrected chi connectivity index (χ3v) is 5.14. The number of unbranched alkanes of at least 4 members (excludes halogenated alkanes) is 1. The van der Waals surface area contributed by atoms with Gasteiger partial charge in [-0.1, -0.05) is 19.1 Å². The van der Waals surface area contributed by atoms with Crippen LogP contribution in [0.3, 0.4) is 0 Å². The number of nitrogens with one attached hydrogen (secondary N) is 1. The second-order valence-electron chi connectivity index (χ2n) is 7.31. The summed E-state index contributed by atoms with van der Waals surface area (Å²) in [7, 11) is 0. The lowest BCUT2D eigenvalue weighted by Crippen LogP contribution is -2.46. The largest absolute Gasteiger partial charge is 0.369 e. The molecule has 1 fully saturated rings. The van der Waals surface area contributed by atoms with Crippen molar-refractivity contribution in [1.82, 2.24) is 10.2 Å². The zero-order chi connectivity index (χ0) is 18.2. The van der Waals surface area contributed by atoms with Gasteiger partial charge < -0.3 is 16.0 Å². The summed E-state index contributed by atoms with van der Waals surface area (Å²) in [5.74, 6) is -0.0449. The standard InChI is InChI=1S/C20H34N4O/c1-16-7-6-8-19(15-16)24-13-11-23(12-14-24)10-5-4-9-22-20(25)17(2)18(3)21/h6-8,15,17-18H,4-5,9-14,21H2,1-3H3,(H,22,25). The monoisotopic (exact) mass is 346 g/mol. The van der Waals surface area contributed by atoms with Gasteiger partial charge in [0.05, 0.1) is 0 Å². The highest BCUT2D eigenvalue weighted by Crippen LogP contribution is 2.17. The fourth-order valence-corrected chi connectivity index (χ4v) is 3.13. The molecule has 2 rings (SSSR count). The van der Waals surface area contributed by atoms with Crippen molar-refractivity contribution in [3.8, 4) is 0 Å². The van der Waals surface area contributed by atoms with Crippen molar-refractivity contribution in [2.24, 2.45) is 11.7 Å². The van der Waals surface area contributed by atoms with Gasteiger partial charge in [-0.3, -0.25) is 9.69 Å². The third kappa shape index (κ3) is 6.33. The van der Waals surface area contributed by atoms with Crippen molar-refractivity contribution in [1.29, 1.82) is 0 Å². The van der Waals surface area contributed by atoms with Crippen LogP contribution in [-0.2, 0) is 4.79 Å². The first-order chi connectivity index (χ1) is 12.0. The molecule has 140 valence electrons. The number of piperazine rings is 1. The molecule has 1 heterocycles. The molecule has 1 aromatic rings. The van der Waals surface area contributed by atoms with E-state index in [2.05, 4.69) is 46.3 Å². The summed E-state index contributed by atoms with van der Waals surface area (Å²) < 4.78 is 0. The summed E-state index contributed by atoms with van der Waals surface area (Å²) in [5, 5.41) is 2.99. The number of carbonyl (C=O) groups excluding carboxylic acids is 1. The molecule has 1 aliphatic heterocycles. The summed E-state index contributed by atoms with van der Waals surface area (Å²) in [6.45, 7) is 12.2. The Labute approximate surface area is 152 Å². The van der Waals surface area contributed by atoms with Gasteiger partial charge in [-0.05, 0) is 50.9 Å². The summed E-state index contributed by atoms with van der Waals surface area (Å²) in [5.41, 5.74) is 8.41. The molecule has 0 radical (unpaired) electrons. The molecule has 1 aromatic carbocycles. The molecule has 1 aliphatic rings. The van der Waals surface area contributed by atoms with Crippen LogP contribution in [0.25, 0.3) is 0 Å². The summed E-state index contributed by atoms with van der Waals surface area (Å²) >= 11 is 0. The van der Waals surface area contributed by atoms with E-state index >= 15 is 0 Å². The zero-order valence-electron chi connectivity index (χ0n) is 16.0. The molecule has 2 atom stereocenters. The van der Waals surface area contributed by atoms with Crippen LogP contribution >= 0.6 is 0 Å². The molecule has 0 aromatic heterocycles. The van der Waals surface area contributed by atoms with Gasteiger partial charge >= 0.3 is 0 Å². The second-order valence-corrected chi connectivity index (χ2v) is 7.31. The Hall–Kier alpha value is -1.59. The lowest BCUT2D eigenvalue weighted by molar-refractivity contribution is -0.124. The van der Waals surface area contributed by atoms with Crippen molar-refractivity contribution >= 4 is 11.6 Å². The predicted octanol–water partition coefficient (Wildman–Crippen LogP) is 2.00. The summed E-state index contributed by atoms with van der Waals surface area (Å²) in [4.78, 5) is 16.8. The van der Waals surface area contributed by atoms with Gasteiger partial charge in [0.15, 0.2) is 0 Å². The first kappa shape index (κ1) is 19.7. The maximum absolute atomic E-state index is 11.8. The van der Waals surface area contributed by atoms with Gasteiger partial charge in [0.1, 0.15) is 0 Å². The average molecular weight is 347 g/mol. The van der Waals surface area contributed by atoms with Gasteiger partial charge in [-0.2, -0.15) is 0 Å². The zero-order valence-corrected chi connectivity index (χ0v) is 16.0. The van der Waals surface area contributed by atoms with E-state index in [1.165, 1.54) is 11.3 Å². The molecule has 3 N–H and O–H groups in total. The number of nitrogens with zero attached hydrogens (tertiary/aromatic N) is 2. The molecule has 5 nitrogen and oxygen atoms in total. The minimum atomic E-state index is -0.116. The highest BCUT2D eigenvalue weighted by molar-refractivity contribution is 5.78. The van der Waals surface area contributed by atoms with Crippen LogP contribution in [0.1, 0.15) is 32.3 Å². The highest BCUT2D eigenvalue weighted by atomic mass is 16.1. The Kier molecular flexibility index (Phi) is 7.72. The van der Waals surface area contributed by atoms with Crippen molar-refractivity contribution in [2.75, 3.05) is 44.2 Å². The Morgan fingerprint density at radius 1 is 1.20 bits per heavy atom. The van der Waals surface area contributed by atoms with Crippen LogP contribution in [0.2, 0.25) is 0 Å². The lowest BCUT2D eigenvalue weighted by atomic mass is 10.0. The number of hydrogen-bond acceptors (Lipinski definition) is 4. The van der Waals surface area contributed by atoms with Crippen LogP contribution in [0.4, 0.5) is 5.69 Å². The van der Waals surface area contributed by atoms with Gasteiger partial charge in [-0.15, -0.1) is 0 Å². The van der Waals surface area contributed by atoms with Gasteiger partial charge in [-0.25, -0.2) is 0 Å². The molecule has 0 aliphatic carbocycles. The first-order valence-electron chi connectivity index (χ1n) is 9.54. The van der Waals surface area contributed by atoms with E-state index in [-0.39, 0.29) is 17.9 Å². The first-order valence-corrected chi connectivity index (χ1v) is 9.54. The van der Waals surface area contributed by atoms with E-state index in [0.717, 1.165) is 52.1 Å². The topological polar surface area (TPSA) is 61.6 Å². The third-order valence-electron chi connectivity index (χ3n) is 5.14. The highest BCUT2D eigenvalue weighted by Gasteiger charge is 2.18. The number of anilines is 1. The van der Waals surface area contributed by atoms with Crippen LogP contribution in [0.15, 0.2) is 24.3 Å². The van der Waals surface area contributed by atoms with Crippen molar-refractivity contribution in [3.63, 3.8) is 0 Å². The molecule has 1 saturated heterocycles. The molecule has 2 unspecified atom stereocenters. The number of benzene rings is 1. The maximum Gasteiger partial charge on any atom is 0.224 e. The smallest absolute Gasteiger partial charge is 0.224 e. The molecular weight excluding hydrogens is 312 g/mol. The summed E-state index contributed by atoms with van der Waals surface area (Å²) in [6, 6.07) is 8.66. The molecule has 0 spiro atoms. The van der Waals surface area contributed by atoms with E-state index in [1.54, 1.807) is 0 Å². The van der Waals surface area contributed by atoms with Gasteiger partial charge in [0.2, 0.25) is 5.91 Å². The SMILES string of the molecule is Cc1cccc(N2CCN(CCCCNC(=O)C(C)C(C)N)CC2)c1. The van der Waals surface area contributed by atoms with Crippen LogP contribution < -0.4 is 16.0 Å². The molecule has 0 bridgehead atoms. The fraction of sp³-hybridized carbons (Fsp3) is 0.650.